The standard InChI is InChI=1S/C13H16N4O/c1-16(2)13(11-6-4-3-5-7-11)15-17-9-8-14-12(17)10-18/h3-9,18H,10H2,1-2H3. The molecule has 0 unspecified atom stereocenters. The van der Waals surface area contributed by atoms with Crippen molar-refractivity contribution in [2.24, 2.45) is 5.10 Å². The Bertz CT molecular complexity index is 531. The van der Waals surface area contributed by atoms with Crippen LogP contribution in [0.1, 0.15) is 11.4 Å². The topological polar surface area (TPSA) is 53.7 Å². The Kier molecular flexibility index (Phi) is 3.74. The van der Waals surface area contributed by atoms with Crippen molar-refractivity contribution in [3.63, 3.8) is 0 Å². The third-order valence-electron chi connectivity index (χ3n) is 2.50. The number of hydrogen-bond acceptors (Lipinski definition) is 3. The second kappa shape index (κ2) is 5.46. The molecule has 1 N–H and O–H groups in total. The van der Waals surface area contributed by atoms with Crippen LogP contribution in [0.25, 0.3) is 0 Å². The van der Waals surface area contributed by atoms with Gasteiger partial charge in [0.2, 0.25) is 0 Å². The molecule has 0 bridgehead atoms. The highest BCUT2D eigenvalue weighted by Crippen LogP contribution is 2.06. The first-order valence-electron chi connectivity index (χ1n) is 5.67. The number of aromatic nitrogens is 2. The van der Waals surface area contributed by atoms with E-state index in [1.807, 2.05) is 49.3 Å². The average Bonchev–Trinajstić information content (AvgIpc) is 2.83. The maximum absolute atomic E-state index is 9.16. The van der Waals surface area contributed by atoms with E-state index in [0.717, 1.165) is 11.4 Å². The van der Waals surface area contributed by atoms with Crippen molar-refractivity contribution in [3.05, 3.63) is 54.1 Å². The maximum atomic E-state index is 9.16. The van der Waals surface area contributed by atoms with Gasteiger partial charge in [-0.2, -0.15) is 0 Å². The Balaban J connectivity index is 2.43. The SMILES string of the molecule is CN(C)C(=Nn1ccnc1CO)c1ccccc1. The van der Waals surface area contributed by atoms with Gasteiger partial charge in [-0.25, -0.2) is 9.66 Å². The third-order valence-corrected chi connectivity index (χ3v) is 2.50. The van der Waals surface area contributed by atoms with Gasteiger partial charge in [-0.15, -0.1) is 5.10 Å². The lowest BCUT2D eigenvalue weighted by molar-refractivity contribution is 0.267. The molecule has 0 spiro atoms. The fraction of sp³-hybridized carbons (Fsp3) is 0.231. The predicted octanol–water partition coefficient (Wildman–Crippen LogP) is 1.15. The Morgan fingerprint density at radius 3 is 2.67 bits per heavy atom. The van der Waals surface area contributed by atoms with Crippen LogP contribution in [0.4, 0.5) is 0 Å². The van der Waals surface area contributed by atoms with Gasteiger partial charge in [0.15, 0.2) is 11.7 Å². The molecule has 0 atom stereocenters. The first-order chi connectivity index (χ1) is 8.72. The van der Waals surface area contributed by atoms with Gasteiger partial charge in [0.25, 0.3) is 0 Å². The van der Waals surface area contributed by atoms with Gasteiger partial charge in [0.05, 0.1) is 0 Å². The van der Waals surface area contributed by atoms with Crippen LogP contribution in [-0.2, 0) is 6.61 Å². The quantitative estimate of drug-likeness (QED) is 0.651. The molecule has 0 saturated carbocycles. The number of aliphatic hydroxyl groups excluding tert-OH is 1. The van der Waals surface area contributed by atoms with E-state index in [1.165, 1.54) is 0 Å². The fourth-order valence-corrected chi connectivity index (χ4v) is 1.63. The number of amidine groups is 1. The molecule has 94 valence electrons. The lowest BCUT2D eigenvalue weighted by Crippen LogP contribution is -2.24. The van der Waals surface area contributed by atoms with Crippen LogP contribution in [0.15, 0.2) is 47.8 Å². The second-order valence-electron chi connectivity index (χ2n) is 4.03. The molecule has 2 aromatic rings. The number of hydrogen-bond donors (Lipinski definition) is 1. The fourth-order valence-electron chi connectivity index (χ4n) is 1.63. The number of imidazole rings is 1. The molecule has 1 aromatic heterocycles. The monoisotopic (exact) mass is 244 g/mol. The minimum atomic E-state index is -0.133. The zero-order valence-corrected chi connectivity index (χ0v) is 10.5. The van der Waals surface area contributed by atoms with Gasteiger partial charge in [-0.05, 0) is 0 Å². The van der Waals surface area contributed by atoms with Crippen LogP contribution >= 0.6 is 0 Å². The number of aliphatic hydroxyl groups is 1. The average molecular weight is 244 g/mol. The second-order valence-corrected chi connectivity index (χ2v) is 4.03. The number of benzene rings is 1. The van der Waals surface area contributed by atoms with Gasteiger partial charge in [0, 0.05) is 32.1 Å². The van der Waals surface area contributed by atoms with Gasteiger partial charge in [-0.3, -0.25) is 0 Å². The van der Waals surface area contributed by atoms with E-state index in [-0.39, 0.29) is 6.61 Å². The molecule has 0 radical (unpaired) electrons. The Hall–Kier alpha value is -2.14. The van der Waals surface area contributed by atoms with Crippen molar-refractivity contribution in [1.82, 2.24) is 14.6 Å². The first kappa shape index (κ1) is 12.3. The summed E-state index contributed by atoms with van der Waals surface area (Å²) in [5.41, 5.74) is 1.01. The van der Waals surface area contributed by atoms with E-state index in [9.17, 15) is 0 Å². The lowest BCUT2D eigenvalue weighted by atomic mass is 10.2. The van der Waals surface area contributed by atoms with E-state index >= 15 is 0 Å². The zero-order valence-electron chi connectivity index (χ0n) is 10.5. The van der Waals surface area contributed by atoms with Crippen LogP contribution in [0, 0.1) is 0 Å². The molecule has 1 aromatic carbocycles. The highest BCUT2D eigenvalue weighted by Gasteiger charge is 2.07. The minimum absolute atomic E-state index is 0.133. The molecule has 2 rings (SSSR count). The Morgan fingerprint density at radius 1 is 1.33 bits per heavy atom. The Morgan fingerprint density at radius 2 is 2.06 bits per heavy atom. The summed E-state index contributed by atoms with van der Waals surface area (Å²) < 4.78 is 1.59. The molecule has 18 heavy (non-hydrogen) atoms. The zero-order chi connectivity index (χ0) is 13.0. The van der Waals surface area contributed by atoms with Crippen molar-refractivity contribution in [3.8, 4) is 0 Å². The normalized spacial score (nSPS) is 11.6. The molecule has 0 aliphatic heterocycles. The van der Waals surface area contributed by atoms with Gasteiger partial charge < -0.3 is 10.0 Å². The van der Waals surface area contributed by atoms with E-state index in [2.05, 4.69) is 10.1 Å². The summed E-state index contributed by atoms with van der Waals surface area (Å²) in [4.78, 5) is 5.96. The lowest BCUT2D eigenvalue weighted by Gasteiger charge is -2.16. The molecule has 5 nitrogen and oxygen atoms in total. The molecule has 0 aliphatic carbocycles. The predicted molar refractivity (Wildman–Crippen MR) is 70.2 cm³/mol. The molecule has 0 saturated heterocycles. The molecule has 0 aliphatic rings. The molecule has 0 fully saturated rings. The van der Waals surface area contributed by atoms with Crippen LogP contribution in [0.3, 0.4) is 0 Å². The van der Waals surface area contributed by atoms with E-state index in [4.69, 9.17) is 5.11 Å². The molecular weight excluding hydrogens is 228 g/mol. The maximum Gasteiger partial charge on any atom is 0.156 e. The number of rotatable bonds is 3. The van der Waals surface area contributed by atoms with Crippen molar-refractivity contribution in [2.75, 3.05) is 14.1 Å². The summed E-state index contributed by atoms with van der Waals surface area (Å²) in [6.07, 6.45) is 3.34. The van der Waals surface area contributed by atoms with E-state index < -0.39 is 0 Å². The molecule has 1 heterocycles. The molecule has 0 amide bonds. The van der Waals surface area contributed by atoms with Crippen molar-refractivity contribution >= 4 is 5.84 Å². The van der Waals surface area contributed by atoms with Crippen LogP contribution < -0.4 is 0 Å². The first-order valence-corrected chi connectivity index (χ1v) is 5.67. The van der Waals surface area contributed by atoms with E-state index in [0.29, 0.717) is 5.82 Å². The highest BCUT2D eigenvalue weighted by atomic mass is 16.3. The number of nitrogens with zero attached hydrogens (tertiary/aromatic N) is 4. The highest BCUT2D eigenvalue weighted by molar-refractivity contribution is 5.98. The minimum Gasteiger partial charge on any atom is -0.388 e. The summed E-state index contributed by atoms with van der Waals surface area (Å²) in [5.74, 6) is 1.33. The van der Waals surface area contributed by atoms with Crippen molar-refractivity contribution in [1.29, 1.82) is 0 Å². The summed E-state index contributed by atoms with van der Waals surface area (Å²) >= 11 is 0. The van der Waals surface area contributed by atoms with Crippen molar-refractivity contribution < 1.29 is 5.11 Å². The van der Waals surface area contributed by atoms with Crippen LogP contribution in [-0.4, -0.2) is 39.6 Å². The van der Waals surface area contributed by atoms with E-state index in [1.54, 1.807) is 17.1 Å². The largest absolute Gasteiger partial charge is 0.388 e. The van der Waals surface area contributed by atoms with Gasteiger partial charge in [-0.1, -0.05) is 30.3 Å². The van der Waals surface area contributed by atoms with Crippen LogP contribution in [0.2, 0.25) is 0 Å². The summed E-state index contributed by atoms with van der Waals surface area (Å²) in [5, 5.41) is 13.7. The van der Waals surface area contributed by atoms with Gasteiger partial charge >= 0.3 is 0 Å². The summed E-state index contributed by atoms with van der Waals surface area (Å²) in [6, 6.07) is 9.89. The Labute approximate surface area is 106 Å². The summed E-state index contributed by atoms with van der Waals surface area (Å²) in [7, 11) is 3.86. The molecular formula is C13H16N4O. The van der Waals surface area contributed by atoms with Gasteiger partial charge in [0.1, 0.15) is 6.61 Å². The third kappa shape index (κ3) is 2.57. The summed E-state index contributed by atoms with van der Waals surface area (Å²) in [6.45, 7) is -0.133. The van der Waals surface area contributed by atoms with Crippen LogP contribution in [0.5, 0.6) is 0 Å². The smallest absolute Gasteiger partial charge is 0.156 e. The van der Waals surface area contributed by atoms with Crippen molar-refractivity contribution in [2.45, 2.75) is 6.61 Å². The molecule has 5 heteroatoms.